The molecule has 1 amide bonds. The summed E-state index contributed by atoms with van der Waals surface area (Å²) in [6.45, 7) is 2.22. The smallest absolute Gasteiger partial charge is 0.233 e. The van der Waals surface area contributed by atoms with Gasteiger partial charge in [-0.3, -0.25) is 4.79 Å². The first kappa shape index (κ1) is 9.32. The molecule has 0 bridgehead atoms. The zero-order chi connectivity index (χ0) is 8.97. The molecule has 1 N–H and O–H groups in total. The lowest BCUT2D eigenvalue weighted by molar-refractivity contribution is -0.120. The van der Waals surface area contributed by atoms with Gasteiger partial charge in [0.25, 0.3) is 0 Å². The maximum Gasteiger partial charge on any atom is 0.233 e. The molecule has 0 aliphatic carbocycles. The van der Waals surface area contributed by atoms with Crippen molar-refractivity contribution >= 4 is 21.8 Å². The minimum absolute atomic E-state index is 0.0357. The number of rotatable bonds is 3. The normalized spacial score (nSPS) is 12.5. The Bertz CT molecular complexity index is 244. The van der Waals surface area contributed by atoms with Crippen LogP contribution >= 0.6 is 15.9 Å². The second-order valence-corrected chi connectivity index (χ2v) is 3.79. The van der Waals surface area contributed by atoms with Crippen molar-refractivity contribution in [2.45, 2.75) is 18.3 Å². The summed E-state index contributed by atoms with van der Waals surface area (Å²) in [4.78, 5) is 10.9. The van der Waals surface area contributed by atoms with Gasteiger partial charge in [0.05, 0.1) is 17.6 Å². The average molecular weight is 232 g/mol. The first-order valence-corrected chi connectivity index (χ1v) is 4.56. The van der Waals surface area contributed by atoms with Crippen molar-refractivity contribution in [1.29, 1.82) is 0 Å². The maximum atomic E-state index is 11.0. The van der Waals surface area contributed by atoms with Crippen molar-refractivity contribution in [2.24, 2.45) is 0 Å². The molecular weight excluding hydrogens is 222 g/mol. The highest BCUT2D eigenvalue weighted by molar-refractivity contribution is 9.10. The van der Waals surface area contributed by atoms with Gasteiger partial charge in [-0.2, -0.15) is 0 Å². The number of amides is 1. The Balaban J connectivity index is 2.32. The fourth-order valence-corrected chi connectivity index (χ4v) is 0.890. The molecule has 1 atom stereocenters. The molecule has 3 nitrogen and oxygen atoms in total. The summed E-state index contributed by atoms with van der Waals surface area (Å²) in [6.07, 6.45) is 1.58. The summed E-state index contributed by atoms with van der Waals surface area (Å²) in [5, 5.41) is 2.70. The van der Waals surface area contributed by atoms with Gasteiger partial charge in [0.15, 0.2) is 0 Å². The van der Waals surface area contributed by atoms with Crippen LogP contribution in [0.5, 0.6) is 0 Å². The molecule has 0 aliphatic rings. The van der Waals surface area contributed by atoms with Crippen molar-refractivity contribution in [3.8, 4) is 0 Å². The van der Waals surface area contributed by atoms with Crippen LogP contribution in [-0.4, -0.2) is 10.7 Å². The van der Waals surface area contributed by atoms with Crippen LogP contribution in [0.15, 0.2) is 22.8 Å². The van der Waals surface area contributed by atoms with Crippen LogP contribution in [0.4, 0.5) is 0 Å². The molecule has 1 rings (SSSR count). The van der Waals surface area contributed by atoms with Crippen LogP contribution in [0.25, 0.3) is 0 Å². The van der Waals surface area contributed by atoms with Gasteiger partial charge in [-0.15, -0.1) is 0 Å². The Morgan fingerprint density at radius 2 is 2.58 bits per heavy atom. The van der Waals surface area contributed by atoms with Crippen molar-refractivity contribution in [1.82, 2.24) is 5.32 Å². The average Bonchev–Trinajstić information content (AvgIpc) is 2.51. The Morgan fingerprint density at radius 3 is 3.08 bits per heavy atom. The molecule has 0 saturated heterocycles. The van der Waals surface area contributed by atoms with Gasteiger partial charge in [0, 0.05) is 0 Å². The van der Waals surface area contributed by atoms with E-state index in [-0.39, 0.29) is 10.7 Å². The number of furan rings is 1. The largest absolute Gasteiger partial charge is 0.467 e. The van der Waals surface area contributed by atoms with E-state index in [9.17, 15) is 4.79 Å². The quantitative estimate of drug-likeness (QED) is 0.805. The van der Waals surface area contributed by atoms with E-state index in [4.69, 9.17) is 4.42 Å². The number of halogens is 1. The van der Waals surface area contributed by atoms with E-state index in [1.807, 2.05) is 6.07 Å². The lowest BCUT2D eigenvalue weighted by atomic mass is 10.4. The predicted molar refractivity (Wildman–Crippen MR) is 48.9 cm³/mol. The van der Waals surface area contributed by atoms with Crippen LogP contribution in [0.3, 0.4) is 0 Å². The minimum atomic E-state index is -0.160. The third-order valence-corrected chi connectivity index (χ3v) is 1.79. The molecule has 1 aromatic heterocycles. The van der Waals surface area contributed by atoms with Crippen LogP contribution in [0.1, 0.15) is 12.7 Å². The van der Waals surface area contributed by atoms with Crippen LogP contribution in [0.2, 0.25) is 0 Å². The first-order valence-electron chi connectivity index (χ1n) is 3.64. The van der Waals surface area contributed by atoms with Crippen molar-refractivity contribution in [3.05, 3.63) is 24.2 Å². The van der Waals surface area contributed by atoms with Crippen LogP contribution in [0, 0.1) is 0 Å². The van der Waals surface area contributed by atoms with E-state index >= 15 is 0 Å². The summed E-state index contributed by atoms with van der Waals surface area (Å²) in [5.41, 5.74) is 0. The third-order valence-electron chi connectivity index (χ3n) is 1.38. The highest BCUT2D eigenvalue weighted by Gasteiger charge is 2.07. The Kier molecular flexibility index (Phi) is 3.34. The van der Waals surface area contributed by atoms with Gasteiger partial charge >= 0.3 is 0 Å². The van der Waals surface area contributed by atoms with E-state index in [0.717, 1.165) is 5.76 Å². The van der Waals surface area contributed by atoms with E-state index in [1.54, 1.807) is 19.3 Å². The molecule has 0 saturated carbocycles. The number of carbonyl (C=O) groups excluding carboxylic acids is 1. The summed E-state index contributed by atoms with van der Waals surface area (Å²) in [6, 6.07) is 3.61. The molecule has 4 heteroatoms. The molecule has 1 aromatic rings. The van der Waals surface area contributed by atoms with Gasteiger partial charge < -0.3 is 9.73 Å². The second-order valence-electron chi connectivity index (χ2n) is 2.41. The lowest BCUT2D eigenvalue weighted by Crippen LogP contribution is -2.28. The monoisotopic (exact) mass is 231 g/mol. The predicted octanol–water partition coefficient (Wildman–Crippen LogP) is 1.68. The fourth-order valence-electron chi connectivity index (χ4n) is 0.728. The number of alkyl halides is 1. The fraction of sp³-hybridized carbons (Fsp3) is 0.375. The highest BCUT2D eigenvalue weighted by Crippen LogP contribution is 2.01. The molecular formula is C8H10BrNO2. The number of nitrogens with one attached hydrogen (secondary N) is 1. The highest BCUT2D eigenvalue weighted by atomic mass is 79.9. The molecule has 0 unspecified atom stereocenters. The summed E-state index contributed by atoms with van der Waals surface area (Å²) < 4.78 is 5.03. The Morgan fingerprint density at radius 1 is 1.83 bits per heavy atom. The summed E-state index contributed by atoms with van der Waals surface area (Å²) >= 11 is 3.16. The van der Waals surface area contributed by atoms with Crippen LogP contribution < -0.4 is 5.32 Å². The van der Waals surface area contributed by atoms with Gasteiger partial charge in [0.1, 0.15) is 5.76 Å². The van der Waals surface area contributed by atoms with Crippen molar-refractivity contribution in [3.63, 3.8) is 0 Å². The Hall–Kier alpha value is -0.770. The van der Waals surface area contributed by atoms with Gasteiger partial charge in [0.2, 0.25) is 5.91 Å². The number of carbonyl (C=O) groups is 1. The molecule has 66 valence electrons. The van der Waals surface area contributed by atoms with E-state index in [0.29, 0.717) is 6.54 Å². The molecule has 0 radical (unpaired) electrons. The molecule has 1 heterocycles. The van der Waals surface area contributed by atoms with E-state index < -0.39 is 0 Å². The molecule has 0 spiro atoms. The molecule has 0 aliphatic heterocycles. The van der Waals surface area contributed by atoms with E-state index in [1.165, 1.54) is 0 Å². The van der Waals surface area contributed by atoms with Gasteiger partial charge in [-0.1, -0.05) is 15.9 Å². The van der Waals surface area contributed by atoms with Crippen molar-refractivity contribution in [2.75, 3.05) is 0 Å². The van der Waals surface area contributed by atoms with Crippen LogP contribution in [-0.2, 0) is 11.3 Å². The zero-order valence-corrected chi connectivity index (χ0v) is 8.30. The summed E-state index contributed by atoms with van der Waals surface area (Å²) in [5.74, 6) is 0.725. The standard InChI is InChI=1S/C8H10BrNO2/c1-6(9)8(11)10-5-7-3-2-4-12-7/h2-4,6H,5H2,1H3,(H,10,11)/t6-/m1/s1. The maximum absolute atomic E-state index is 11.0. The first-order chi connectivity index (χ1) is 5.70. The van der Waals surface area contributed by atoms with Gasteiger partial charge in [-0.05, 0) is 19.1 Å². The molecule has 0 fully saturated rings. The zero-order valence-electron chi connectivity index (χ0n) is 6.71. The molecule has 0 aromatic carbocycles. The summed E-state index contributed by atoms with van der Waals surface area (Å²) in [7, 11) is 0. The van der Waals surface area contributed by atoms with E-state index in [2.05, 4.69) is 21.2 Å². The number of hydrogen-bond donors (Lipinski definition) is 1. The lowest BCUT2D eigenvalue weighted by Gasteiger charge is -2.03. The molecule has 12 heavy (non-hydrogen) atoms. The second kappa shape index (κ2) is 4.30. The minimum Gasteiger partial charge on any atom is -0.467 e. The topological polar surface area (TPSA) is 42.2 Å². The SMILES string of the molecule is C[C@@H](Br)C(=O)NCc1ccco1. The number of hydrogen-bond acceptors (Lipinski definition) is 2. The Labute approximate surface area is 79.3 Å². The third kappa shape index (κ3) is 2.70. The van der Waals surface area contributed by atoms with Gasteiger partial charge in [-0.25, -0.2) is 0 Å². The van der Waals surface area contributed by atoms with Crippen molar-refractivity contribution < 1.29 is 9.21 Å².